The van der Waals surface area contributed by atoms with Gasteiger partial charge in [0.1, 0.15) is 0 Å². The fraction of sp³-hybridized carbons (Fsp3) is 0.571. The Morgan fingerprint density at radius 1 is 1.50 bits per heavy atom. The Labute approximate surface area is 128 Å². The predicted molar refractivity (Wildman–Crippen MR) is 82.8 cm³/mol. The Balaban J connectivity index is 2.87. The van der Waals surface area contributed by atoms with Crippen molar-refractivity contribution in [1.82, 2.24) is 4.90 Å². The summed E-state index contributed by atoms with van der Waals surface area (Å²) in [5, 5.41) is 11.0. The number of benzene rings is 1. The monoisotopic (exact) mass is 344 g/mol. The van der Waals surface area contributed by atoms with Crippen molar-refractivity contribution >= 4 is 21.6 Å². The van der Waals surface area contributed by atoms with E-state index in [0.717, 1.165) is 18.5 Å². The zero-order chi connectivity index (χ0) is 15.1. The average molecular weight is 345 g/mol. The summed E-state index contributed by atoms with van der Waals surface area (Å²) in [4.78, 5) is 12.9. The summed E-state index contributed by atoms with van der Waals surface area (Å²) in [6.45, 7) is 6.45. The van der Waals surface area contributed by atoms with Crippen LogP contribution in [0.5, 0.6) is 0 Å². The molecule has 1 rings (SSSR count). The Bertz CT molecular complexity index is 454. The van der Waals surface area contributed by atoms with Crippen molar-refractivity contribution in [3.63, 3.8) is 0 Å². The second kappa shape index (κ2) is 8.34. The molecule has 0 fully saturated rings. The first-order chi connectivity index (χ1) is 9.49. The lowest BCUT2D eigenvalue weighted by atomic mass is 10.1. The van der Waals surface area contributed by atoms with Crippen LogP contribution in [0.15, 0.2) is 22.7 Å². The number of rotatable bonds is 8. The minimum absolute atomic E-state index is 0.110. The van der Waals surface area contributed by atoms with Gasteiger partial charge in [0.2, 0.25) is 0 Å². The Kier molecular flexibility index (Phi) is 7.12. The topological polar surface area (TPSA) is 55.6 Å². The number of halogens is 1. The average Bonchev–Trinajstić information content (AvgIpc) is 2.43. The highest BCUT2D eigenvalue weighted by Gasteiger charge is 2.16. The molecule has 6 heteroatoms. The van der Waals surface area contributed by atoms with Crippen molar-refractivity contribution in [1.29, 1.82) is 0 Å². The smallest absolute Gasteiger partial charge is 0.283 e. The van der Waals surface area contributed by atoms with Crippen molar-refractivity contribution in [3.8, 4) is 0 Å². The normalized spacial score (nSPS) is 12.7. The Hall–Kier alpha value is -0.980. The third-order valence-electron chi connectivity index (χ3n) is 3.39. The van der Waals surface area contributed by atoms with Crippen LogP contribution >= 0.6 is 15.9 Å². The van der Waals surface area contributed by atoms with E-state index in [9.17, 15) is 10.1 Å². The van der Waals surface area contributed by atoms with Gasteiger partial charge in [-0.05, 0) is 40.9 Å². The summed E-state index contributed by atoms with van der Waals surface area (Å²) in [5.74, 6) is 0. The summed E-state index contributed by atoms with van der Waals surface area (Å²) >= 11 is 3.21. The van der Waals surface area contributed by atoms with Gasteiger partial charge < -0.3 is 4.74 Å². The molecule has 0 radical (unpaired) electrons. The molecule has 5 nitrogen and oxygen atoms in total. The molecule has 1 atom stereocenters. The third kappa shape index (κ3) is 4.85. The number of hydrogen-bond donors (Lipinski definition) is 0. The summed E-state index contributed by atoms with van der Waals surface area (Å²) in [6, 6.07) is 5.69. The van der Waals surface area contributed by atoms with Crippen LogP contribution in [0.25, 0.3) is 0 Å². The molecule has 1 aromatic rings. The highest BCUT2D eigenvalue weighted by molar-refractivity contribution is 9.10. The van der Waals surface area contributed by atoms with Gasteiger partial charge in [-0.15, -0.1) is 0 Å². The molecule has 0 N–H and O–H groups in total. The molecular weight excluding hydrogens is 324 g/mol. The van der Waals surface area contributed by atoms with Crippen LogP contribution in [-0.2, 0) is 11.3 Å². The molecule has 20 heavy (non-hydrogen) atoms. The molecule has 0 heterocycles. The highest BCUT2D eigenvalue weighted by atomic mass is 79.9. The molecule has 0 aliphatic heterocycles. The molecule has 0 bridgehead atoms. The number of hydrogen-bond acceptors (Lipinski definition) is 4. The lowest BCUT2D eigenvalue weighted by molar-refractivity contribution is -0.385. The molecule has 0 spiro atoms. The maximum Gasteiger partial charge on any atom is 0.283 e. The summed E-state index contributed by atoms with van der Waals surface area (Å²) in [6.07, 6.45) is 1.03. The Morgan fingerprint density at radius 2 is 2.20 bits per heavy atom. The molecule has 0 saturated heterocycles. The van der Waals surface area contributed by atoms with E-state index in [1.54, 1.807) is 19.2 Å². The van der Waals surface area contributed by atoms with E-state index in [1.165, 1.54) is 0 Å². The van der Waals surface area contributed by atoms with Gasteiger partial charge in [-0.25, -0.2) is 0 Å². The first-order valence-electron chi connectivity index (χ1n) is 6.65. The fourth-order valence-electron chi connectivity index (χ4n) is 1.95. The minimum Gasteiger partial charge on any atom is -0.383 e. The first-order valence-corrected chi connectivity index (χ1v) is 7.44. The van der Waals surface area contributed by atoms with Crippen LogP contribution < -0.4 is 0 Å². The van der Waals surface area contributed by atoms with Gasteiger partial charge >= 0.3 is 0 Å². The first kappa shape index (κ1) is 17.1. The fourth-order valence-corrected chi connectivity index (χ4v) is 2.34. The molecule has 0 aromatic heterocycles. The zero-order valence-corrected chi connectivity index (χ0v) is 13.7. The second-order valence-corrected chi connectivity index (χ2v) is 5.62. The van der Waals surface area contributed by atoms with Gasteiger partial charge in [0.25, 0.3) is 5.69 Å². The molecule has 0 saturated carbocycles. The molecule has 0 aliphatic rings. The van der Waals surface area contributed by atoms with Crippen molar-refractivity contribution in [2.24, 2.45) is 0 Å². The standard InChI is InChI=1S/C14H21BrN2O3/c1-4-11(2)16(7-8-20-3)10-12-5-6-13(15)14(9-12)17(18)19/h5-6,9,11H,4,7-8,10H2,1-3H3. The largest absolute Gasteiger partial charge is 0.383 e. The van der Waals surface area contributed by atoms with Crippen molar-refractivity contribution < 1.29 is 9.66 Å². The van der Waals surface area contributed by atoms with Gasteiger partial charge in [-0.2, -0.15) is 0 Å². The number of methoxy groups -OCH3 is 1. The van der Waals surface area contributed by atoms with Crippen molar-refractivity contribution in [2.75, 3.05) is 20.3 Å². The number of ether oxygens (including phenoxy) is 1. The molecular formula is C14H21BrN2O3. The summed E-state index contributed by atoms with van der Waals surface area (Å²) < 4.78 is 5.64. The maximum absolute atomic E-state index is 11.0. The lowest BCUT2D eigenvalue weighted by Gasteiger charge is -2.28. The van der Waals surface area contributed by atoms with Gasteiger partial charge in [0.15, 0.2) is 0 Å². The third-order valence-corrected chi connectivity index (χ3v) is 4.06. The van der Waals surface area contributed by atoms with E-state index in [4.69, 9.17) is 4.74 Å². The molecule has 0 amide bonds. The van der Waals surface area contributed by atoms with Crippen LogP contribution in [0.4, 0.5) is 5.69 Å². The highest BCUT2D eigenvalue weighted by Crippen LogP contribution is 2.26. The zero-order valence-electron chi connectivity index (χ0n) is 12.1. The lowest BCUT2D eigenvalue weighted by Crippen LogP contribution is -2.34. The van der Waals surface area contributed by atoms with Crippen LogP contribution in [0, 0.1) is 10.1 Å². The van der Waals surface area contributed by atoms with Crippen molar-refractivity contribution in [2.45, 2.75) is 32.9 Å². The van der Waals surface area contributed by atoms with Gasteiger partial charge in [-0.1, -0.05) is 13.0 Å². The van der Waals surface area contributed by atoms with E-state index in [0.29, 0.717) is 23.7 Å². The maximum atomic E-state index is 11.0. The van der Waals surface area contributed by atoms with E-state index >= 15 is 0 Å². The van der Waals surface area contributed by atoms with Gasteiger partial charge in [0, 0.05) is 32.3 Å². The van der Waals surface area contributed by atoms with E-state index in [1.807, 2.05) is 6.07 Å². The summed E-state index contributed by atoms with van der Waals surface area (Å²) in [5.41, 5.74) is 1.05. The van der Waals surface area contributed by atoms with E-state index in [-0.39, 0.29) is 10.6 Å². The van der Waals surface area contributed by atoms with E-state index in [2.05, 4.69) is 34.7 Å². The predicted octanol–water partition coefficient (Wildman–Crippen LogP) is 3.60. The molecule has 1 unspecified atom stereocenters. The van der Waals surface area contributed by atoms with E-state index < -0.39 is 0 Å². The van der Waals surface area contributed by atoms with Gasteiger partial charge in [0.05, 0.1) is 16.0 Å². The molecule has 0 aliphatic carbocycles. The molecule has 1 aromatic carbocycles. The molecule has 112 valence electrons. The van der Waals surface area contributed by atoms with Crippen LogP contribution in [0.1, 0.15) is 25.8 Å². The van der Waals surface area contributed by atoms with Crippen LogP contribution in [0.3, 0.4) is 0 Å². The van der Waals surface area contributed by atoms with Crippen LogP contribution in [-0.4, -0.2) is 36.1 Å². The SMILES string of the molecule is CCC(C)N(CCOC)Cc1ccc(Br)c([N+](=O)[O-])c1. The quantitative estimate of drug-likeness (QED) is 0.534. The Morgan fingerprint density at radius 3 is 2.75 bits per heavy atom. The van der Waals surface area contributed by atoms with Gasteiger partial charge in [-0.3, -0.25) is 15.0 Å². The number of nitro groups is 1. The summed E-state index contributed by atoms with van der Waals surface area (Å²) in [7, 11) is 1.68. The van der Waals surface area contributed by atoms with Crippen LogP contribution in [0.2, 0.25) is 0 Å². The minimum atomic E-state index is -0.365. The second-order valence-electron chi connectivity index (χ2n) is 4.76. The number of nitrogens with zero attached hydrogens (tertiary/aromatic N) is 2. The van der Waals surface area contributed by atoms with Crippen molar-refractivity contribution in [3.05, 3.63) is 38.3 Å². The number of nitro benzene ring substituents is 1.